The zero-order valence-electron chi connectivity index (χ0n) is 10.2. The topological polar surface area (TPSA) is 59.2 Å². The number of aromatic nitrogens is 1. The second kappa shape index (κ2) is 5.27. The van der Waals surface area contributed by atoms with Gasteiger partial charge in [0, 0.05) is 37.9 Å². The molecule has 4 nitrogen and oxygen atoms in total. The van der Waals surface area contributed by atoms with Crippen molar-refractivity contribution < 1.29 is 4.79 Å². The van der Waals surface area contributed by atoms with Gasteiger partial charge < -0.3 is 10.6 Å². The van der Waals surface area contributed by atoms with Gasteiger partial charge in [-0.1, -0.05) is 6.92 Å². The maximum atomic E-state index is 12.0. The molecule has 0 radical (unpaired) electrons. The molecular formula is C13H19N3O. The molecule has 0 aliphatic carbocycles. The number of hydrogen-bond acceptors (Lipinski definition) is 3. The highest BCUT2D eigenvalue weighted by Gasteiger charge is 2.24. The van der Waals surface area contributed by atoms with Crippen LogP contribution in [0.3, 0.4) is 0 Å². The molecule has 1 saturated heterocycles. The van der Waals surface area contributed by atoms with E-state index in [0.717, 1.165) is 18.5 Å². The van der Waals surface area contributed by atoms with Gasteiger partial charge in [-0.3, -0.25) is 9.78 Å². The quantitative estimate of drug-likeness (QED) is 0.851. The van der Waals surface area contributed by atoms with Crippen molar-refractivity contribution in [3.8, 4) is 0 Å². The molecule has 17 heavy (non-hydrogen) atoms. The molecule has 0 unspecified atom stereocenters. The Kier molecular flexibility index (Phi) is 3.74. The summed E-state index contributed by atoms with van der Waals surface area (Å²) in [4.78, 5) is 17.9. The highest BCUT2D eigenvalue weighted by atomic mass is 16.2. The Hall–Kier alpha value is -1.42. The Labute approximate surface area is 102 Å². The van der Waals surface area contributed by atoms with Gasteiger partial charge >= 0.3 is 0 Å². The van der Waals surface area contributed by atoms with Gasteiger partial charge in [0.2, 0.25) is 5.91 Å². The minimum Gasteiger partial charge on any atom is -0.341 e. The third-order valence-electron chi connectivity index (χ3n) is 3.33. The molecule has 0 aromatic carbocycles. The number of nitrogens with zero attached hydrogens (tertiary/aromatic N) is 2. The van der Waals surface area contributed by atoms with E-state index < -0.39 is 0 Å². The molecule has 0 bridgehead atoms. The Balaban J connectivity index is 1.91. The van der Waals surface area contributed by atoms with Gasteiger partial charge in [0.05, 0.1) is 0 Å². The van der Waals surface area contributed by atoms with Crippen LogP contribution in [-0.2, 0) is 4.79 Å². The third kappa shape index (κ3) is 3.03. The van der Waals surface area contributed by atoms with E-state index in [1.807, 2.05) is 17.0 Å². The Morgan fingerprint density at radius 1 is 1.59 bits per heavy atom. The van der Waals surface area contributed by atoms with Crippen LogP contribution in [0.5, 0.6) is 0 Å². The van der Waals surface area contributed by atoms with Gasteiger partial charge in [-0.15, -0.1) is 0 Å². The lowest BCUT2D eigenvalue weighted by atomic mass is 9.98. The second-order valence-corrected chi connectivity index (χ2v) is 4.77. The molecule has 0 spiro atoms. The second-order valence-electron chi connectivity index (χ2n) is 4.77. The number of carbonyl (C=O) groups excluding carboxylic acids is 1. The molecule has 2 N–H and O–H groups in total. The van der Waals surface area contributed by atoms with E-state index in [0.29, 0.717) is 13.0 Å². The first-order valence-electron chi connectivity index (χ1n) is 6.10. The lowest BCUT2D eigenvalue weighted by Gasteiger charge is -2.18. The van der Waals surface area contributed by atoms with Crippen LogP contribution >= 0.6 is 0 Å². The molecule has 4 heteroatoms. The summed E-state index contributed by atoms with van der Waals surface area (Å²) in [6, 6.07) is 4.09. The standard InChI is InChI=1S/C13H19N3O/c1-10(11-2-5-15-6-3-11)8-13(17)16-7-4-12(14)9-16/h2-3,5-6,10,12H,4,7-9,14H2,1H3/t10-,12-/m0/s1. The third-order valence-corrected chi connectivity index (χ3v) is 3.33. The van der Waals surface area contributed by atoms with E-state index in [-0.39, 0.29) is 17.9 Å². The average Bonchev–Trinajstić information content (AvgIpc) is 2.77. The molecule has 1 aromatic rings. The number of nitrogens with two attached hydrogens (primary N) is 1. The van der Waals surface area contributed by atoms with E-state index in [9.17, 15) is 4.79 Å². The van der Waals surface area contributed by atoms with Crippen LogP contribution in [0.25, 0.3) is 0 Å². The normalized spacial score (nSPS) is 21.5. The zero-order chi connectivity index (χ0) is 12.3. The Morgan fingerprint density at radius 3 is 2.88 bits per heavy atom. The van der Waals surface area contributed by atoms with Crippen molar-refractivity contribution in [3.05, 3.63) is 30.1 Å². The van der Waals surface area contributed by atoms with Crippen molar-refractivity contribution >= 4 is 5.91 Å². The molecule has 1 amide bonds. The van der Waals surface area contributed by atoms with E-state index in [1.165, 1.54) is 0 Å². The van der Waals surface area contributed by atoms with Crippen molar-refractivity contribution in [1.82, 2.24) is 9.88 Å². The van der Waals surface area contributed by atoms with Crippen molar-refractivity contribution in [2.45, 2.75) is 31.7 Å². The van der Waals surface area contributed by atoms with E-state index >= 15 is 0 Å². The van der Waals surface area contributed by atoms with Crippen LogP contribution < -0.4 is 5.73 Å². The average molecular weight is 233 g/mol. The SMILES string of the molecule is C[C@@H](CC(=O)N1CC[C@H](N)C1)c1ccncc1. The van der Waals surface area contributed by atoms with Crippen LogP contribution in [-0.4, -0.2) is 34.9 Å². The Bertz CT molecular complexity index is 380. The minimum absolute atomic E-state index is 0.162. The molecule has 1 aliphatic heterocycles. The molecule has 1 fully saturated rings. The van der Waals surface area contributed by atoms with Crippen LogP contribution in [0.1, 0.15) is 31.2 Å². The van der Waals surface area contributed by atoms with Crippen LogP contribution in [0.15, 0.2) is 24.5 Å². The van der Waals surface area contributed by atoms with Crippen LogP contribution in [0.4, 0.5) is 0 Å². The lowest BCUT2D eigenvalue weighted by Crippen LogP contribution is -2.32. The maximum absolute atomic E-state index is 12.0. The van der Waals surface area contributed by atoms with Crippen molar-refractivity contribution in [3.63, 3.8) is 0 Å². The molecule has 2 heterocycles. The molecule has 1 aliphatic rings. The summed E-state index contributed by atoms with van der Waals surface area (Å²) >= 11 is 0. The highest BCUT2D eigenvalue weighted by Crippen LogP contribution is 2.20. The van der Waals surface area contributed by atoms with E-state index in [2.05, 4.69) is 11.9 Å². The smallest absolute Gasteiger partial charge is 0.223 e. The van der Waals surface area contributed by atoms with Crippen LogP contribution in [0.2, 0.25) is 0 Å². The van der Waals surface area contributed by atoms with E-state index in [4.69, 9.17) is 5.73 Å². The van der Waals surface area contributed by atoms with Gasteiger partial charge in [0.15, 0.2) is 0 Å². The van der Waals surface area contributed by atoms with E-state index in [1.54, 1.807) is 12.4 Å². The minimum atomic E-state index is 0.162. The number of carbonyl (C=O) groups is 1. The molecular weight excluding hydrogens is 214 g/mol. The van der Waals surface area contributed by atoms with Gasteiger partial charge in [-0.05, 0) is 30.0 Å². The predicted molar refractivity (Wildman–Crippen MR) is 66.4 cm³/mol. The number of pyridine rings is 1. The first kappa shape index (κ1) is 12.0. The maximum Gasteiger partial charge on any atom is 0.223 e. The summed E-state index contributed by atoms with van der Waals surface area (Å²) in [7, 11) is 0. The van der Waals surface area contributed by atoms with Crippen molar-refractivity contribution in [2.24, 2.45) is 5.73 Å². The van der Waals surface area contributed by atoms with Crippen molar-refractivity contribution in [2.75, 3.05) is 13.1 Å². The van der Waals surface area contributed by atoms with Gasteiger partial charge in [0.1, 0.15) is 0 Å². The summed E-state index contributed by atoms with van der Waals surface area (Å²) in [5, 5.41) is 0. The summed E-state index contributed by atoms with van der Waals surface area (Å²) in [5.74, 6) is 0.449. The fraction of sp³-hybridized carbons (Fsp3) is 0.538. The zero-order valence-corrected chi connectivity index (χ0v) is 10.2. The van der Waals surface area contributed by atoms with Gasteiger partial charge in [-0.2, -0.15) is 0 Å². The van der Waals surface area contributed by atoms with Crippen LogP contribution in [0, 0.1) is 0 Å². The monoisotopic (exact) mass is 233 g/mol. The van der Waals surface area contributed by atoms with Crippen molar-refractivity contribution in [1.29, 1.82) is 0 Å². The van der Waals surface area contributed by atoms with Gasteiger partial charge in [0.25, 0.3) is 0 Å². The lowest BCUT2D eigenvalue weighted by molar-refractivity contribution is -0.130. The molecule has 0 saturated carbocycles. The molecule has 2 atom stereocenters. The molecule has 2 rings (SSSR count). The molecule has 92 valence electrons. The first-order chi connectivity index (χ1) is 8.16. The number of amides is 1. The summed E-state index contributed by atoms with van der Waals surface area (Å²) < 4.78 is 0. The molecule has 1 aromatic heterocycles. The first-order valence-corrected chi connectivity index (χ1v) is 6.10. The fourth-order valence-corrected chi connectivity index (χ4v) is 2.21. The fourth-order valence-electron chi connectivity index (χ4n) is 2.21. The summed E-state index contributed by atoms with van der Waals surface area (Å²) in [5.41, 5.74) is 6.97. The number of hydrogen-bond donors (Lipinski definition) is 1. The highest BCUT2D eigenvalue weighted by molar-refractivity contribution is 5.77. The van der Waals surface area contributed by atoms with Gasteiger partial charge in [-0.25, -0.2) is 0 Å². The summed E-state index contributed by atoms with van der Waals surface area (Å²) in [6.45, 7) is 3.59. The summed E-state index contributed by atoms with van der Waals surface area (Å²) in [6.07, 6.45) is 5.01. The Morgan fingerprint density at radius 2 is 2.29 bits per heavy atom. The number of rotatable bonds is 3. The predicted octanol–water partition coefficient (Wildman–Crippen LogP) is 1.13. The largest absolute Gasteiger partial charge is 0.341 e. The number of likely N-dealkylation sites (tertiary alicyclic amines) is 1.